The second-order valence-electron chi connectivity index (χ2n) is 13.9. The number of rotatable bonds is 21. The highest BCUT2D eigenvalue weighted by Gasteiger charge is 2.26. The second kappa shape index (κ2) is 19.6. The Morgan fingerprint density at radius 1 is 0.574 bits per heavy atom. The van der Waals surface area contributed by atoms with E-state index in [-0.39, 0.29) is 52.0 Å². The molecule has 0 saturated carbocycles. The molecular formula is C44H54O10. The van der Waals surface area contributed by atoms with Gasteiger partial charge in [0.2, 0.25) is 6.29 Å². The molecule has 0 aliphatic carbocycles. The quantitative estimate of drug-likeness (QED) is 0.0466. The summed E-state index contributed by atoms with van der Waals surface area (Å²) in [6.07, 6.45) is 2.29. The smallest absolute Gasteiger partial charge is 0.231 e. The molecule has 4 rings (SSSR count). The molecule has 0 bridgehead atoms. The maximum absolute atomic E-state index is 10.7. The summed E-state index contributed by atoms with van der Waals surface area (Å²) in [5.74, 6) is 1.76. The van der Waals surface area contributed by atoms with E-state index in [2.05, 4.69) is 39.1 Å². The molecule has 6 N–H and O–H groups in total. The fraction of sp³-hybridized carbons (Fsp3) is 0.364. The Morgan fingerprint density at radius 2 is 0.981 bits per heavy atom. The van der Waals surface area contributed by atoms with E-state index in [0.717, 1.165) is 33.4 Å². The van der Waals surface area contributed by atoms with Crippen molar-refractivity contribution in [3.05, 3.63) is 142 Å². The summed E-state index contributed by atoms with van der Waals surface area (Å²) in [6.45, 7) is 14.3. The molecule has 2 unspecified atom stereocenters. The van der Waals surface area contributed by atoms with Gasteiger partial charge in [0, 0.05) is 27.7 Å². The first-order valence-electron chi connectivity index (χ1n) is 18.0. The lowest BCUT2D eigenvalue weighted by atomic mass is 9.77. The van der Waals surface area contributed by atoms with Crippen molar-refractivity contribution in [1.29, 1.82) is 0 Å². The Morgan fingerprint density at radius 3 is 1.41 bits per heavy atom. The summed E-state index contributed by atoms with van der Waals surface area (Å²) >= 11 is 0. The van der Waals surface area contributed by atoms with Crippen LogP contribution in [0.5, 0.6) is 23.0 Å². The van der Waals surface area contributed by atoms with Crippen molar-refractivity contribution in [2.75, 3.05) is 19.8 Å². The van der Waals surface area contributed by atoms with Crippen LogP contribution in [0.2, 0.25) is 0 Å². The van der Waals surface area contributed by atoms with Gasteiger partial charge in [0.15, 0.2) is 6.61 Å². The molecule has 0 heterocycles. The minimum absolute atomic E-state index is 0.0377. The molecule has 290 valence electrons. The average molecular weight is 743 g/mol. The Kier molecular flexibility index (Phi) is 15.3. The van der Waals surface area contributed by atoms with Crippen molar-refractivity contribution in [3.63, 3.8) is 0 Å². The fourth-order valence-corrected chi connectivity index (χ4v) is 6.42. The highest BCUT2D eigenvalue weighted by atomic mass is 16.6. The molecule has 0 aromatic heterocycles. The van der Waals surface area contributed by atoms with Crippen LogP contribution in [0.15, 0.2) is 86.0 Å². The summed E-state index contributed by atoms with van der Waals surface area (Å²) in [5.41, 5.74) is 7.12. The Labute approximate surface area is 318 Å². The molecule has 10 nitrogen and oxygen atoms in total. The maximum atomic E-state index is 10.7. The Hall–Kier alpha value is -4.68. The molecule has 4 aromatic carbocycles. The van der Waals surface area contributed by atoms with Crippen LogP contribution in [0.25, 0.3) is 0 Å². The number of aliphatic hydroxyl groups is 6. The van der Waals surface area contributed by atoms with Crippen molar-refractivity contribution in [1.82, 2.24) is 0 Å². The van der Waals surface area contributed by atoms with E-state index in [0.29, 0.717) is 52.3 Å². The van der Waals surface area contributed by atoms with Gasteiger partial charge in [0.1, 0.15) is 42.3 Å². The van der Waals surface area contributed by atoms with E-state index >= 15 is 0 Å². The van der Waals surface area contributed by atoms with E-state index < -0.39 is 17.8 Å². The van der Waals surface area contributed by atoms with Crippen molar-refractivity contribution in [2.45, 2.75) is 84.8 Å². The van der Waals surface area contributed by atoms with Gasteiger partial charge in [0.05, 0.1) is 26.4 Å². The van der Waals surface area contributed by atoms with E-state index in [4.69, 9.17) is 18.9 Å². The molecule has 0 aliphatic rings. The van der Waals surface area contributed by atoms with E-state index in [9.17, 15) is 30.6 Å². The summed E-state index contributed by atoms with van der Waals surface area (Å²) in [5, 5.41) is 60.7. The molecule has 0 radical (unpaired) electrons. The van der Waals surface area contributed by atoms with Gasteiger partial charge in [-0.1, -0.05) is 85.7 Å². The van der Waals surface area contributed by atoms with Crippen LogP contribution in [-0.4, -0.2) is 62.9 Å². The highest BCUT2D eigenvalue weighted by Crippen LogP contribution is 2.37. The van der Waals surface area contributed by atoms with Crippen LogP contribution < -0.4 is 18.9 Å². The fourth-order valence-electron chi connectivity index (χ4n) is 6.42. The first kappa shape index (κ1) is 42.1. The van der Waals surface area contributed by atoms with Gasteiger partial charge >= 0.3 is 0 Å². The molecule has 0 spiro atoms. The lowest BCUT2D eigenvalue weighted by Gasteiger charge is -2.28. The molecule has 10 heteroatoms. The molecule has 0 aliphatic heterocycles. The van der Waals surface area contributed by atoms with Crippen molar-refractivity contribution >= 4 is 0 Å². The minimum atomic E-state index is -1.36. The molecule has 2 atom stereocenters. The first-order chi connectivity index (χ1) is 25.9. The summed E-state index contributed by atoms with van der Waals surface area (Å²) in [7, 11) is 0. The maximum Gasteiger partial charge on any atom is 0.231 e. The molecule has 0 fully saturated rings. The second-order valence-corrected chi connectivity index (χ2v) is 13.9. The topological polar surface area (TPSA) is 158 Å². The zero-order valence-electron chi connectivity index (χ0n) is 31.7. The lowest BCUT2D eigenvalue weighted by molar-refractivity contribution is -0.0499. The van der Waals surface area contributed by atoms with E-state index in [1.165, 1.54) is 0 Å². The number of allylic oxidation sites excluding steroid dienone is 2. The monoisotopic (exact) mass is 742 g/mol. The number of ether oxygens (including phenoxy) is 4. The average Bonchev–Trinajstić information content (AvgIpc) is 3.16. The molecule has 0 saturated heterocycles. The van der Waals surface area contributed by atoms with Gasteiger partial charge in [0.25, 0.3) is 0 Å². The zero-order chi connectivity index (χ0) is 39.4. The van der Waals surface area contributed by atoms with Crippen LogP contribution in [0.4, 0.5) is 0 Å². The standard InChI is InChI=1S/C44H54O10/c1-7-9-30-19-36(11-13-39(30)51-25-38(49)26-53-42-32(21-45)15-28(3)16-33(42)22-46)44(5,6)37-12-14-40(31(20-37)10-8-2)52-27-41(50)54-43-34(23-47)17-29(4)18-35(43)24-48/h7-8,11-20,38,41,45-50H,1-2,9-10,21-27H2,3-6H3. The number of hydrogen-bond acceptors (Lipinski definition) is 10. The third-order valence-electron chi connectivity index (χ3n) is 9.24. The third-order valence-corrected chi connectivity index (χ3v) is 9.24. The van der Waals surface area contributed by atoms with Gasteiger partial charge in [-0.25, -0.2) is 0 Å². The Bertz CT molecular complexity index is 1830. The van der Waals surface area contributed by atoms with Crippen molar-refractivity contribution in [3.8, 4) is 23.0 Å². The van der Waals surface area contributed by atoms with Crippen LogP contribution in [0.3, 0.4) is 0 Å². The predicted octanol–water partition coefficient (Wildman–Crippen LogP) is 5.65. The lowest BCUT2D eigenvalue weighted by Crippen LogP contribution is -2.26. The van der Waals surface area contributed by atoms with E-state index in [1.807, 2.05) is 38.1 Å². The molecule has 0 amide bonds. The number of hydrogen-bond donors (Lipinski definition) is 6. The van der Waals surface area contributed by atoms with Crippen LogP contribution >= 0.6 is 0 Å². The van der Waals surface area contributed by atoms with Crippen LogP contribution in [0, 0.1) is 13.8 Å². The summed E-state index contributed by atoms with van der Waals surface area (Å²) in [4.78, 5) is 0. The van der Waals surface area contributed by atoms with Crippen LogP contribution in [0.1, 0.15) is 69.5 Å². The molecule has 4 aromatic rings. The number of aliphatic hydroxyl groups excluding tert-OH is 6. The summed E-state index contributed by atoms with van der Waals surface area (Å²) < 4.78 is 23.7. The number of benzene rings is 4. The van der Waals surface area contributed by atoms with Crippen molar-refractivity contribution in [2.24, 2.45) is 0 Å². The summed E-state index contributed by atoms with van der Waals surface area (Å²) in [6, 6.07) is 18.9. The Balaban J connectivity index is 1.46. The highest BCUT2D eigenvalue weighted by molar-refractivity contribution is 5.49. The molecule has 54 heavy (non-hydrogen) atoms. The van der Waals surface area contributed by atoms with Gasteiger partial charge in [-0.3, -0.25) is 0 Å². The largest absolute Gasteiger partial charge is 0.490 e. The SMILES string of the molecule is C=CCc1cc(C(C)(C)c2ccc(OCC(O)Oc3c(CO)cc(C)cc3CO)c(CC=C)c2)ccc1OCC(O)COc1c(CO)cc(C)cc1CO. The van der Waals surface area contributed by atoms with E-state index in [1.54, 1.807) is 36.4 Å². The predicted molar refractivity (Wildman–Crippen MR) is 208 cm³/mol. The van der Waals surface area contributed by atoms with Gasteiger partial charge in [-0.2, -0.15) is 0 Å². The van der Waals surface area contributed by atoms with Crippen molar-refractivity contribution < 1.29 is 49.6 Å². The normalized spacial score (nSPS) is 12.6. The molecular weight excluding hydrogens is 688 g/mol. The van der Waals surface area contributed by atoms with Crippen LogP contribution in [-0.2, 0) is 44.7 Å². The third kappa shape index (κ3) is 10.5. The van der Waals surface area contributed by atoms with Gasteiger partial charge in [-0.15, -0.1) is 13.2 Å². The minimum Gasteiger partial charge on any atom is -0.490 e. The van der Waals surface area contributed by atoms with Gasteiger partial charge < -0.3 is 49.6 Å². The van der Waals surface area contributed by atoms with Gasteiger partial charge in [-0.05, 0) is 61.1 Å². The zero-order valence-corrected chi connectivity index (χ0v) is 31.7. The first-order valence-corrected chi connectivity index (χ1v) is 18.0. The number of aryl methyl sites for hydroxylation is 2.